The van der Waals surface area contributed by atoms with Gasteiger partial charge in [0.05, 0.1) is 11.9 Å². The third-order valence-corrected chi connectivity index (χ3v) is 4.35. The van der Waals surface area contributed by atoms with E-state index >= 15 is 0 Å². The van der Waals surface area contributed by atoms with Crippen molar-refractivity contribution in [2.45, 2.75) is 12.1 Å². The number of anilines is 1. The number of nitrogens with zero attached hydrogens (tertiary/aromatic N) is 3. The Morgan fingerprint density at radius 3 is 2.54 bits per heavy atom. The van der Waals surface area contributed by atoms with Crippen LogP contribution >= 0.6 is 11.8 Å². The summed E-state index contributed by atoms with van der Waals surface area (Å²) in [5.74, 6) is -0.101. The molecule has 1 aromatic heterocycles. The van der Waals surface area contributed by atoms with Crippen molar-refractivity contribution in [1.29, 1.82) is 0 Å². The van der Waals surface area contributed by atoms with Gasteiger partial charge in [-0.25, -0.2) is 4.98 Å². The second kappa shape index (κ2) is 8.35. The minimum Gasteiger partial charge on any atom is -0.325 e. The standard InChI is InChI=1S/C19H16N4O2S/c1-13(24)15-8-5-9-16(10-15)21-18(25)12-26-19-20-11-17(22-23-19)14-6-3-2-4-7-14/h2-11H,12H2,1H3,(H,21,25). The Bertz CT molecular complexity index is 914. The van der Waals surface area contributed by atoms with Gasteiger partial charge >= 0.3 is 0 Å². The lowest BCUT2D eigenvalue weighted by Crippen LogP contribution is -2.14. The maximum absolute atomic E-state index is 12.1. The van der Waals surface area contributed by atoms with E-state index in [4.69, 9.17) is 0 Å². The number of ketones is 1. The zero-order valence-corrected chi connectivity index (χ0v) is 14.9. The molecular weight excluding hydrogens is 348 g/mol. The zero-order valence-electron chi connectivity index (χ0n) is 14.0. The molecule has 0 saturated carbocycles. The number of hydrogen-bond acceptors (Lipinski definition) is 6. The Morgan fingerprint density at radius 2 is 1.85 bits per heavy atom. The Hall–Kier alpha value is -3.06. The van der Waals surface area contributed by atoms with Gasteiger partial charge in [-0.1, -0.05) is 54.2 Å². The summed E-state index contributed by atoms with van der Waals surface area (Å²) in [6.45, 7) is 1.49. The predicted octanol–water partition coefficient (Wildman–Crippen LogP) is 3.47. The van der Waals surface area contributed by atoms with Crippen molar-refractivity contribution in [3.05, 3.63) is 66.4 Å². The van der Waals surface area contributed by atoms with E-state index < -0.39 is 0 Å². The fraction of sp³-hybridized carbons (Fsp3) is 0.105. The second-order valence-corrected chi connectivity index (χ2v) is 6.41. The van der Waals surface area contributed by atoms with E-state index in [1.54, 1.807) is 30.5 Å². The van der Waals surface area contributed by atoms with Crippen molar-refractivity contribution in [3.63, 3.8) is 0 Å². The van der Waals surface area contributed by atoms with E-state index in [9.17, 15) is 9.59 Å². The number of rotatable bonds is 6. The molecule has 26 heavy (non-hydrogen) atoms. The van der Waals surface area contributed by atoms with Gasteiger partial charge in [0.25, 0.3) is 0 Å². The molecule has 0 fully saturated rings. The molecule has 1 amide bonds. The quantitative estimate of drug-likeness (QED) is 0.532. The van der Waals surface area contributed by atoms with Gasteiger partial charge in [-0.05, 0) is 19.1 Å². The van der Waals surface area contributed by atoms with Gasteiger partial charge in [-0.2, -0.15) is 0 Å². The predicted molar refractivity (Wildman–Crippen MR) is 101 cm³/mol. The number of Topliss-reactive ketones (excluding diaryl/α,β-unsaturated/α-hetero) is 1. The van der Waals surface area contributed by atoms with Crippen LogP contribution in [0.1, 0.15) is 17.3 Å². The second-order valence-electron chi connectivity index (χ2n) is 5.47. The molecule has 3 aromatic rings. The van der Waals surface area contributed by atoms with E-state index in [0.29, 0.717) is 22.1 Å². The smallest absolute Gasteiger partial charge is 0.234 e. The van der Waals surface area contributed by atoms with Crippen LogP contribution in [-0.4, -0.2) is 32.6 Å². The number of carbonyl (C=O) groups excluding carboxylic acids is 2. The average Bonchev–Trinajstić information content (AvgIpc) is 2.68. The number of amides is 1. The minimum atomic E-state index is -0.202. The van der Waals surface area contributed by atoms with E-state index in [-0.39, 0.29) is 17.4 Å². The van der Waals surface area contributed by atoms with Gasteiger partial charge in [-0.3, -0.25) is 9.59 Å². The largest absolute Gasteiger partial charge is 0.325 e. The molecule has 0 aliphatic heterocycles. The summed E-state index contributed by atoms with van der Waals surface area (Å²) in [5, 5.41) is 11.4. The molecule has 0 bridgehead atoms. The molecule has 0 spiro atoms. The molecule has 130 valence electrons. The van der Waals surface area contributed by atoms with Crippen molar-refractivity contribution in [2.24, 2.45) is 0 Å². The van der Waals surface area contributed by atoms with Gasteiger partial charge in [0.1, 0.15) is 5.69 Å². The number of aromatic nitrogens is 3. The van der Waals surface area contributed by atoms with Crippen molar-refractivity contribution in [1.82, 2.24) is 15.2 Å². The maximum atomic E-state index is 12.1. The number of benzene rings is 2. The van der Waals surface area contributed by atoms with Gasteiger partial charge in [0.15, 0.2) is 5.78 Å². The van der Waals surface area contributed by atoms with Crippen LogP contribution in [0.4, 0.5) is 5.69 Å². The Morgan fingerprint density at radius 1 is 1.04 bits per heavy atom. The van der Waals surface area contributed by atoms with Gasteiger partial charge in [0.2, 0.25) is 11.1 Å². The maximum Gasteiger partial charge on any atom is 0.234 e. The third-order valence-electron chi connectivity index (χ3n) is 3.50. The lowest BCUT2D eigenvalue weighted by Gasteiger charge is -2.06. The number of nitrogens with one attached hydrogen (secondary N) is 1. The van der Waals surface area contributed by atoms with Crippen molar-refractivity contribution >= 4 is 29.1 Å². The molecule has 2 aromatic carbocycles. The third kappa shape index (κ3) is 4.73. The molecule has 3 rings (SSSR count). The van der Waals surface area contributed by atoms with Crippen LogP contribution in [0, 0.1) is 0 Å². The lowest BCUT2D eigenvalue weighted by atomic mass is 10.1. The lowest BCUT2D eigenvalue weighted by molar-refractivity contribution is -0.113. The highest BCUT2D eigenvalue weighted by Gasteiger charge is 2.08. The topological polar surface area (TPSA) is 84.8 Å². The van der Waals surface area contributed by atoms with E-state index in [1.807, 2.05) is 30.3 Å². The summed E-state index contributed by atoms with van der Waals surface area (Å²) >= 11 is 1.20. The summed E-state index contributed by atoms with van der Waals surface area (Å²) < 4.78 is 0. The highest BCUT2D eigenvalue weighted by Crippen LogP contribution is 2.18. The van der Waals surface area contributed by atoms with Crippen molar-refractivity contribution < 1.29 is 9.59 Å². The Kier molecular flexibility index (Phi) is 5.70. The molecule has 0 aliphatic rings. The van der Waals surface area contributed by atoms with Crippen molar-refractivity contribution in [2.75, 3.05) is 11.1 Å². The molecule has 0 saturated heterocycles. The molecule has 6 nitrogen and oxygen atoms in total. The fourth-order valence-electron chi connectivity index (χ4n) is 2.22. The first-order chi connectivity index (χ1) is 12.6. The fourth-order valence-corrected chi connectivity index (χ4v) is 2.77. The molecule has 0 radical (unpaired) electrons. The van der Waals surface area contributed by atoms with Crippen LogP contribution in [0.3, 0.4) is 0 Å². The summed E-state index contributed by atoms with van der Waals surface area (Å²) in [7, 11) is 0. The van der Waals surface area contributed by atoms with E-state index in [2.05, 4.69) is 20.5 Å². The van der Waals surface area contributed by atoms with Gasteiger partial charge in [0, 0.05) is 16.8 Å². The Labute approximate surface area is 155 Å². The van der Waals surface area contributed by atoms with Crippen LogP contribution in [0.2, 0.25) is 0 Å². The van der Waals surface area contributed by atoms with Crippen LogP contribution in [0.15, 0.2) is 66.0 Å². The van der Waals surface area contributed by atoms with E-state index in [1.165, 1.54) is 18.7 Å². The van der Waals surface area contributed by atoms with Gasteiger partial charge < -0.3 is 5.32 Å². The van der Waals surface area contributed by atoms with Gasteiger partial charge in [-0.15, -0.1) is 10.2 Å². The van der Waals surface area contributed by atoms with E-state index in [0.717, 1.165) is 5.56 Å². The average molecular weight is 364 g/mol. The zero-order chi connectivity index (χ0) is 18.4. The van der Waals surface area contributed by atoms with Crippen LogP contribution < -0.4 is 5.32 Å². The SMILES string of the molecule is CC(=O)c1cccc(NC(=O)CSc2ncc(-c3ccccc3)nn2)c1. The number of thioether (sulfide) groups is 1. The summed E-state index contributed by atoms with van der Waals surface area (Å²) in [6, 6.07) is 16.5. The molecule has 0 aliphatic carbocycles. The first-order valence-electron chi connectivity index (χ1n) is 7.90. The molecule has 1 N–H and O–H groups in total. The summed E-state index contributed by atoms with van der Waals surface area (Å²) in [5.41, 5.74) is 2.76. The molecular formula is C19H16N4O2S. The Balaban J connectivity index is 1.56. The minimum absolute atomic E-state index is 0.0477. The van der Waals surface area contributed by atoms with Crippen LogP contribution in [-0.2, 0) is 4.79 Å². The first-order valence-corrected chi connectivity index (χ1v) is 8.89. The molecule has 1 heterocycles. The normalized spacial score (nSPS) is 10.3. The molecule has 0 atom stereocenters. The molecule has 7 heteroatoms. The van der Waals surface area contributed by atoms with Crippen LogP contribution in [0.5, 0.6) is 0 Å². The monoisotopic (exact) mass is 364 g/mol. The number of hydrogen-bond donors (Lipinski definition) is 1. The first kappa shape index (κ1) is 17.8. The van der Waals surface area contributed by atoms with Crippen LogP contribution in [0.25, 0.3) is 11.3 Å². The highest BCUT2D eigenvalue weighted by molar-refractivity contribution is 7.99. The van der Waals surface area contributed by atoms with Crippen molar-refractivity contribution in [3.8, 4) is 11.3 Å². The highest BCUT2D eigenvalue weighted by atomic mass is 32.2. The summed E-state index contributed by atoms with van der Waals surface area (Å²) in [6.07, 6.45) is 1.64. The number of carbonyl (C=O) groups is 2. The molecule has 0 unspecified atom stereocenters. The summed E-state index contributed by atoms with van der Waals surface area (Å²) in [4.78, 5) is 27.7.